The molecule has 4 aromatic rings. The Morgan fingerprint density at radius 3 is 2.30 bits per heavy atom. The Bertz CT molecular complexity index is 1530. The maximum Gasteiger partial charge on any atom is 0.326 e. The minimum Gasteiger partial charge on any atom is -0.480 e. The van der Waals surface area contributed by atoms with Gasteiger partial charge in [0.05, 0.1) is 18.4 Å². The fourth-order valence-electron chi connectivity index (χ4n) is 3.71. The monoisotopic (exact) mass is 563 g/mol. The third-order valence-corrected chi connectivity index (χ3v) is 6.04. The predicted octanol–water partition coefficient (Wildman–Crippen LogP) is 2.24. The van der Waals surface area contributed by atoms with E-state index in [0.29, 0.717) is 51.7 Å². The molecule has 1 unspecified atom stereocenters. The van der Waals surface area contributed by atoms with Gasteiger partial charge in [-0.15, -0.1) is 0 Å². The molecule has 0 aliphatic rings. The molecule has 206 valence electrons. The molecule has 1 atom stereocenters. The number of nitrogen functional groups attached to an aromatic ring is 2. The van der Waals surface area contributed by atoms with Gasteiger partial charge in [0.15, 0.2) is 17.0 Å². The Balaban J connectivity index is 1.26. The van der Waals surface area contributed by atoms with Crippen molar-refractivity contribution in [1.82, 2.24) is 30.6 Å². The lowest BCUT2D eigenvalue weighted by molar-refractivity contribution is -0.139. The number of carbonyl (C=O) groups excluding carboxylic acids is 2. The zero-order valence-electron chi connectivity index (χ0n) is 21.1. The van der Waals surface area contributed by atoms with E-state index in [1.54, 1.807) is 48.5 Å². The number of hydrogen-bond acceptors (Lipinski definition) is 10. The molecule has 0 aliphatic heterocycles. The fraction of sp³-hybridized carbons (Fsp3) is 0.192. The molecular weight excluding hydrogens is 538 g/mol. The van der Waals surface area contributed by atoms with E-state index < -0.39 is 17.9 Å². The van der Waals surface area contributed by atoms with E-state index in [1.807, 2.05) is 0 Å². The van der Waals surface area contributed by atoms with Crippen LogP contribution < -0.4 is 27.4 Å². The van der Waals surface area contributed by atoms with E-state index in [2.05, 4.69) is 35.9 Å². The molecule has 2 heterocycles. The average molecular weight is 564 g/mol. The van der Waals surface area contributed by atoms with Crippen LogP contribution in [0.5, 0.6) is 0 Å². The summed E-state index contributed by atoms with van der Waals surface area (Å²) < 4.78 is 0. The van der Waals surface area contributed by atoms with Gasteiger partial charge in [-0.1, -0.05) is 11.6 Å². The lowest BCUT2D eigenvalue weighted by Crippen LogP contribution is -2.41. The van der Waals surface area contributed by atoms with Gasteiger partial charge in [0.2, 0.25) is 5.95 Å². The summed E-state index contributed by atoms with van der Waals surface area (Å²) in [5.41, 5.74) is 14.1. The molecule has 8 N–H and O–H groups in total. The molecule has 0 aliphatic carbocycles. The highest BCUT2D eigenvalue weighted by Crippen LogP contribution is 2.16. The van der Waals surface area contributed by atoms with Crippen LogP contribution in [0.2, 0.25) is 5.02 Å². The van der Waals surface area contributed by atoms with Crippen molar-refractivity contribution in [2.75, 3.05) is 23.3 Å². The second-order valence-corrected chi connectivity index (χ2v) is 9.14. The standard InChI is InChI=1S/C26H26ClN9O4/c27-16-7-3-14(4-8-16)23(37)30-11-1-2-19(25(39)40)34-24(38)15-5-9-17(10-6-15)31-12-18-13-32-22-20(33-18)21(28)35-26(29)36-22/h3-10,13,19,31H,1-2,11-12H2,(H,30,37)(H,34,38)(H,39,40)(H4,28,29,32,35,36). The van der Waals surface area contributed by atoms with E-state index >= 15 is 0 Å². The van der Waals surface area contributed by atoms with E-state index in [4.69, 9.17) is 23.1 Å². The fourth-order valence-corrected chi connectivity index (χ4v) is 3.84. The van der Waals surface area contributed by atoms with Crippen molar-refractivity contribution >= 4 is 58.0 Å². The SMILES string of the molecule is Nc1nc(N)c2nc(CNc3ccc(C(=O)NC(CCCNC(=O)c4ccc(Cl)cc4)C(=O)O)cc3)cnc2n1. The van der Waals surface area contributed by atoms with Gasteiger partial charge in [0.25, 0.3) is 11.8 Å². The Morgan fingerprint density at radius 1 is 0.925 bits per heavy atom. The van der Waals surface area contributed by atoms with Crippen LogP contribution in [0.4, 0.5) is 17.5 Å². The smallest absolute Gasteiger partial charge is 0.326 e. The summed E-state index contributed by atoms with van der Waals surface area (Å²) in [6.45, 7) is 0.560. The van der Waals surface area contributed by atoms with Gasteiger partial charge in [-0.3, -0.25) is 9.59 Å². The van der Waals surface area contributed by atoms with Gasteiger partial charge in [-0.2, -0.15) is 9.97 Å². The van der Waals surface area contributed by atoms with Gasteiger partial charge < -0.3 is 32.5 Å². The number of amides is 2. The highest BCUT2D eigenvalue weighted by molar-refractivity contribution is 6.30. The number of aromatic nitrogens is 4. The van der Waals surface area contributed by atoms with Gasteiger partial charge in [0.1, 0.15) is 6.04 Å². The van der Waals surface area contributed by atoms with Crippen LogP contribution in [-0.2, 0) is 11.3 Å². The zero-order valence-corrected chi connectivity index (χ0v) is 21.9. The van der Waals surface area contributed by atoms with Crippen LogP contribution in [-0.4, -0.2) is 55.4 Å². The number of nitrogens with one attached hydrogen (secondary N) is 3. The minimum atomic E-state index is -1.17. The highest BCUT2D eigenvalue weighted by Gasteiger charge is 2.20. The van der Waals surface area contributed by atoms with E-state index in [0.717, 1.165) is 0 Å². The zero-order chi connectivity index (χ0) is 28.6. The van der Waals surface area contributed by atoms with Gasteiger partial charge >= 0.3 is 5.97 Å². The molecule has 40 heavy (non-hydrogen) atoms. The van der Waals surface area contributed by atoms with Crippen molar-refractivity contribution in [2.45, 2.75) is 25.4 Å². The summed E-state index contributed by atoms with van der Waals surface area (Å²) in [4.78, 5) is 53.0. The normalized spacial score (nSPS) is 11.5. The molecule has 14 heteroatoms. The lowest BCUT2D eigenvalue weighted by Gasteiger charge is -2.15. The van der Waals surface area contributed by atoms with Crippen LogP contribution in [0.3, 0.4) is 0 Å². The minimum absolute atomic E-state index is 0.0164. The van der Waals surface area contributed by atoms with Crippen molar-refractivity contribution in [2.24, 2.45) is 0 Å². The number of hydrogen-bond donors (Lipinski definition) is 6. The first-order valence-corrected chi connectivity index (χ1v) is 12.5. The molecule has 0 radical (unpaired) electrons. The summed E-state index contributed by atoms with van der Waals surface area (Å²) in [5, 5.41) is 18.5. The maximum absolute atomic E-state index is 12.7. The van der Waals surface area contributed by atoms with Gasteiger partial charge in [-0.25, -0.2) is 14.8 Å². The van der Waals surface area contributed by atoms with Crippen molar-refractivity contribution in [1.29, 1.82) is 0 Å². The molecule has 2 aromatic carbocycles. The van der Waals surface area contributed by atoms with Crippen LogP contribution in [0.25, 0.3) is 11.2 Å². The number of halogens is 1. The largest absolute Gasteiger partial charge is 0.480 e. The molecule has 0 fully saturated rings. The molecule has 13 nitrogen and oxygen atoms in total. The predicted molar refractivity (Wildman–Crippen MR) is 150 cm³/mol. The summed E-state index contributed by atoms with van der Waals surface area (Å²) in [6, 6.07) is 11.8. The number of benzene rings is 2. The van der Waals surface area contributed by atoms with E-state index in [1.165, 1.54) is 6.20 Å². The van der Waals surface area contributed by atoms with E-state index in [9.17, 15) is 19.5 Å². The topological polar surface area (TPSA) is 211 Å². The molecule has 2 amide bonds. The Kier molecular flexibility index (Phi) is 8.86. The summed E-state index contributed by atoms with van der Waals surface area (Å²) in [6.07, 6.45) is 2.02. The Labute approximate surface area is 233 Å². The number of fused-ring (bicyclic) bond motifs is 1. The molecule has 2 aromatic heterocycles. The molecule has 0 saturated heterocycles. The quantitative estimate of drug-likeness (QED) is 0.146. The Morgan fingerprint density at radius 2 is 1.60 bits per heavy atom. The van der Waals surface area contributed by atoms with Crippen LogP contribution in [0.1, 0.15) is 39.3 Å². The van der Waals surface area contributed by atoms with E-state index in [-0.39, 0.29) is 30.6 Å². The number of aliphatic carboxylic acids is 1. The number of anilines is 3. The highest BCUT2D eigenvalue weighted by atomic mass is 35.5. The molecule has 4 rings (SSSR count). The summed E-state index contributed by atoms with van der Waals surface area (Å²) >= 11 is 5.82. The second-order valence-electron chi connectivity index (χ2n) is 8.70. The number of nitrogens with two attached hydrogens (primary N) is 2. The van der Waals surface area contributed by atoms with Crippen molar-refractivity contribution < 1.29 is 19.5 Å². The third kappa shape index (κ3) is 7.29. The number of carbonyl (C=O) groups is 3. The van der Waals surface area contributed by atoms with Gasteiger partial charge in [-0.05, 0) is 61.4 Å². The number of carboxylic acids is 1. The summed E-state index contributed by atoms with van der Waals surface area (Å²) in [5.74, 6) is -1.84. The first-order valence-electron chi connectivity index (χ1n) is 12.2. The first-order chi connectivity index (χ1) is 19.2. The summed E-state index contributed by atoms with van der Waals surface area (Å²) in [7, 11) is 0. The Hall–Kier alpha value is -5.04. The lowest BCUT2D eigenvalue weighted by atomic mass is 10.1. The van der Waals surface area contributed by atoms with Crippen molar-refractivity contribution in [3.05, 3.63) is 76.6 Å². The average Bonchev–Trinajstić information content (AvgIpc) is 2.94. The number of nitrogens with zero attached hydrogens (tertiary/aromatic N) is 4. The van der Waals surface area contributed by atoms with Crippen molar-refractivity contribution in [3.63, 3.8) is 0 Å². The third-order valence-electron chi connectivity index (χ3n) is 5.79. The van der Waals surface area contributed by atoms with Crippen molar-refractivity contribution in [3.8, 4) is 0 Å². The van der Waals surface area contributed by atoms with Gasteiger partial charge in [0, 0.05) is 28.4 Å². The molecule has 0 bridgehead atoms. The van der Waals surface area contributed by atoms with Crippen LogP contribution in [0.15, 0.2) is 54.7 Å². The number of rotatable bonds is 11. The molecule has 0 saturated carbocycles. The first kappa shape index (κ1) is 28.0. The van der Waals surface area contributed by atoms with Crippen LogP contribution in [0, 0.1) is 0 Å². The molecule has 0 spiro atoms. The maximum atomic E-state index is 12.7. The molecular formula is C26H26ClN9O4. The van der Waals surface area contributed by atoms with Crippen LogP contribution >= 0.6 is 11.6 Å². The second kappa shape index (κ2) is 12.7. The number of carboxylic acid groups (broad SMARTS) is 1.